The summed E-state index contributed by atoms with van der Waals surface area (Å²) in [7, 11) is 0. The van der Waals surface area contributed by atoms with Crippen LogP contribution in [0.15, 0.2) is 0 Å². The molecule has 1 rings (SSSR count). The quantitative estimate of drug-likeness (QED) is 0.411. The van der Waals surface area contributed by atoms with E-state index in [0.29, 0.717) is 32.4 Å². The molecule has 1 aliphatic heterocycles. The van der Waals surface area contributed by atoms with Crippen LogP contribution in [0.25, 0.3) is 0 Å². The first-order chi connectivity index (χ1) is 11.5. The van der Waals surface area contributed by atoms with E-state index in [-0.39, 0.29) is 18.0 Å². The molecule has 1 saturated heterocycles. The minimum absolute atomic E-state index is 0.00247. The zero-order valence-corrected chi connectivity index (χ0v) is 15.9. The number of rotatable bonds is 6. The number of carbonyl (C=O) groups is 2. The lowest BCUT2D eigenvalue weighted by Gasteiger charge is -2.42. The van der Waals surface area contributed by atoms with E-state index in [9.17, 15) is 19.7 Å². The van der Waals surface area contributed by atoms with Crippen molar-refractivity contribution in [3.63, 3.8) is 0 Å². The molecule has 25 heavy (non-hydrogen) atoms. The van der Waals surface area contributed by atoms with Gasteiger partial charge in [0.1, 0.15) is 5.60 Å². The van der Waals surface area contributed by atoms with Gasteiger partial charge in [0.15, 0.2) is 0 Å². The summed E-state index contributed by atoms with van der Waals surface area (Å²) in [6, 6.07) is -0.835. The molecule has 1 atom stereocenters. The van der Waals surface area contributed by atoms with Gasteiger partial charge in [0, 0.05) is 24.4 Å². The lowest BCUT2D eigenvalue weighted by Crippen LogP contribution is -2.52. The third-order valence-electron chi connectivity index (χ3n) is 4.56. The molecule has 8 heteroatoms. The molecule has 0 spiro atoms. The van der Waals surface area contributed by atoms with E-state index >= 15 is 0 Å². The predicted molar refractivity (Wildman–Crippen MR) is 91.8 cm³/mol. The highest BCUT2D eigenvalue weighted by Crippen LogP contribution is 2.41. The van der Waals surface area contributed by atoms with Crippen LogP contribution in [0.1, 0.15) is 60.3 Å². The van der Waals surface area contributed by atoms with Gasteiger partial charge < -0.3 is 14.4 Å². The van der Waals surface area contributed by atoms with Crippen LogP contribution in [-0.4, -0.2) is 53.2 Å². The molecule has 1 unspecified atom stereocenters. The van der Waals surface area contributed by atoms with Crippen molar-refractivity contribution in [2.45, 2.75) is 71.9 Å². The normalized spacial score (nSPS) is 18.4. The molecule has 0 aromatic rings. The molecule has 0 saturated carbocycles. The van der Waals surface area contributed by atoms with Crippen molar-refractivity contribution in [3.8, 4) is 0 Å². The predicted octanol–water partition coefficient (Wildman–Crippen LogP) is 3.01. The van der Waals surface area contributed by atoms with Gasteiger partial charge in [-0.1, -0.05) is 6.92 Å². The van der Waals surface area contributed by atoms with E-state index in [2.05, 4.69) is 0 Å². The number of amides is 1. The van der Waals surface area contributed by atoms with Gasteiger partial charge in [0.25, 0.3) is 0 Å². The van der Waals surface area contributed by atoms with Crippen LogP contribution >= 0.6 is 0 Å². The van der Waals surface area contributed by atoms with Crippen molar-refractivity contribution in [2.75, 3.05) is 19.7 Å². The van der Waals surface area contributed by atoms with Gasteiger partial charge in [-0.2, -0.15) is 0 Å². The number of hydrogen-bond donors (Lipinski definition) is 0. The molecule has 0 radical (unpaired) electrons. The van der Waals surface area contributed by atoms with Gasteiger partial charge >= 0.3 is 12.1 Å². The molecular formula is C17H30N2O6. The van der Waals surface area contributed by atoms with Gasteiger partial charge in [-0.25, -0.2) is 4.79 Å². The Balaban J connectivity index is 2.89. The second kappa shape index (κ2) is 8.49. The number of hydrogen-bond acceptors (Lipinski definition) is 6. The topological polar surface area (TPSA) is 99.0 Å². The second-order valence-corrected chi connectivity index (χ2v) is 7.52. The molecule has 0 aromatic carbocycles. The lowest BCUT2D eigenvalue weighted by molar-refractivity contribution is -0.544. The smallest absolute Gasteiger partial charge is 0.410 e. The summed E-state index contributed by atoms with van der Waals surface area (Å²) in [5.41, 5.74) is -1.38. The van der Waals surface area contributed by atoms with Crippen LogP contribution in [0.5, 0.6) is 0 Å². The molecule has 1 amide bonds. The highest BCUT2D eigenvalue weighted by atomic mass is 16.6. The molecule has 8 nitrogen and oxygen atoms in total. The fourth-order valence-electron chi connectivity index (χ4n) is 3.39. The first-order valence-corrected chi connectivity index (χ1v) is 8.81. The van der Waals surface area contributed by atoms with Crippen molar-refractivity contribution in [1.29, 1.82) is 0 Å². The SMILES string of the molecule is CCOC(=O)CC1(C(CC)[N+](=O)[O-])CCN(C(=O)OC(C)(C)C)CC1. The van der Waals surface area contributed by atoms with Crippen LogP contribution in [0.3, 0.4) is 0 Å². The molecule has 1 heterocycles. The summed E-state index contributed by atoms with van der Waals surface area (Å²) < 4.78 is 10.4. The van der Waals surface area contributed by atoms with Crippen LogP contribution in [0.2, 0.25) is 0 Å². The maximum atomic E-state index is 12.2. The van der Waals surface area contributed by atoms with E-state index in [1.54, 1.807) is 39.5 Å². The Kier molecular flexibility index (Phi) is 7.19. The second-order valence-electron chi connectivity index (χ2n) is 7.52. The Morgan fingerprint density at radius 2 is 1.80 bits per heavy atom. The van der Waals surface area contributed by atoms with E-state index < -0.39 is 29.1 Å². The zero-order valence-electron chi connectivity index (χ0n) is 15.9. The van der Waals surface area contributed by atoms with Crippen molar-refractivity contribution < 1.29 is 24.0 Å². The first kappa shape index (κ1) is 21.2. The molecule has 0 aliphatic carbocycles. The van der Waals surface area contributed by atoms with Gasteiger partial charge in [-0.05, 0) is 40.5 Å². The molecule has 144 valence electrons. The minimum Gasteiger partial charge on any atom is -0.466 e. The third-order valence-corrected chi connectivity index (χ3v) is 4.56. The van der Waals surface area contributed by atoms with Crippen molar-refractivity contribution >= 4 is 12.1 Å². The van der Waals surface area contributed by atoms with E-state index in [4.69, 9.17) is 9.47 Å². The number of carbonyl (C=O) groups excluding carboxylic acids is 2. The van der Waals surface area contributed by atoms with Gasteiger partial charge in [-0.15, -0.1) is 0 Å². The number of nitro groups is 1. The van der Waals surface area contributed by atoms with Crippen molar-refractivity contribution in [2.24, 2.45) is 5.41 Å². The largest absolute Gasteiger partial charge is 0.466 e. The van der Waals surface area contributed by atoms with Gasteiger partial charge in [-0.3, -0.25) is 14.9 Å². The van der Waals surface area contributed by atoms with Gasteiger partial charge in [0.2, 0.25) is 6.04 Å². The molecule has 0 N–H and O–H groups in total. The summed E-state index contributed by atoms with van der Waals surface area (Å²) in [4.78, 5) is 37.0. The zero-order chi connectivity index (χ0) is 19.3. The summed E-state index contributed by atoms with van der Waals surface area (Å²) in [6.07, 6.45) is 0.669. The van der Waals surface area contributed by atoms with E-state index in [1.807, 2.05) is 0 Å². The fraction of sp³-hybridized carbons (Fsp3) is 0.882. The Morgan fingerprint density at radius 1 is 1.24 bits per heavy atom. The molecular weight excluding hydrogens is 328 g/mol. The summed E-state index contributed by atoms with van der Waals surface area (Å²) in [6.45, 7) is 9.74. The first-order valence-electron chi connectivity index (χ1n) is 8.81. The Bertz CT molecular complexity index is 492. The van der Waals surface area contributed by atoms with Crippen LogP contribution in [0.4, 0.5) is 4.79 Å². The Labute approximate surface area is 149 Å². The van der Waals surface area contributed by atoms with Crippen molar-refractivity contribution in [3.05, 3.63) is 10.1 Å². The molecule has 1 fully saturated rings. The highest BCUT2D eigenvalue weighted by molar-refractivity contribution is 5.71. The van der Waals surface area contributed by atoms with Crippen LogP contribution in [0, 0.1) is 15.5 Å². The third kappa shape index (κ3) is 5.86. The van der Waals surface area contributed by atoms with E-state index in [0.717, 1.165) is 0 Å². The highest BCUT2D eigenvalue weighted by Gasteiger charge is 2.50. The number of piperidine rings is 1. The van der Waals surface area contributed by atoms with E-state index in [1.165, 1.54) is 0 Å². The minimum atomic E-state index is -0.835. The fourth-order valence-corrected chi connectivity index (χ4v) is 3.39. The van der Waals surface area contributed by atoms with Gasteiger partial charge in [0.05, 0.1) is 18.4 Å². The summed E-state index contributed by atoms with van der Waals surface area (Å²) >= 11 is 0. The Hall–Kier alpha value is -1.86. The van der Waals surface area contributed by atoms with Crippen LogP contribution < -0.4 is 0 Å². The maximum Gasteiger partial charge on any atom is 0.410 e. The number of nitrogens with zero attached hydrogens (tertiary/aromatic N) is 2. The maximum absolute atomic E-state index is 12.2. The number of likely N-dealkylation sites (tertiary alicyclic amines) is 1. The monoisotopic (exact) mass is 358 g/mol. The van der Waals surface area contributed by atoms with Crippen molar-refractivity contribution in [1.82, 2.24) is 4.90 Å². The molecule has 0 bridgehead atoms. The average molecular weight is 358 g/mol. The summed E-state index contributed by atoms with van der Waals surface area (Å²) in [5.74, 6) is -0.423. The number of esters is 1. The molecule has 1 aliphatic rings. The van der Waals surface area contributed by atoms with Crippen LogP contribution in [-0.2, 0) is 14.3 Å². The lowest BCUT2D eigenvalue weighted by atomic mass is 9.69. The molecule has 0 aromatic heterocycles. The summed E-state index contributed by atoms with van der Waals surface area (Å²) in [5, 5.41) is 11.5. The average Bonchev–Trinajstić information content (AvgIpc) is 2.46. The number of ether oxygens (including phenoxy) is 2. The standard InChI is InChI=1S/C17H30N2O6/c1-6-13(19(22)23)17(12-14(20)24-7-2)8-10-18(11-9-17)15(21)25-16(3,4)5/h13H,6-12H2,1-5H3. The Morgan fingerprint density at radius 3 is 2.20 bits per heavy atom.